The molecule has 3 N–H and O–H groups in total. The molecule has 1 rings (SSSR count). The first-order valence-electron chi connectivity index (χ1n) is 4.55. The van der Waals surface area contributed by atoms with Crippen LogP contribution >= 0.6 is 0 Å². The van der Waals surface area contributed by atoms with E-state index in [4.69, 9.17) is 10.2 Å². The SMILES string of the molecule is OCC(O)CCN1CCNCC1. The summed E-state index contributed by atoms with van der Waals surface area (Å²) in [6.07, 6.45) is 0.135. The Morgan fingerprint density at radius 1 is 1.33 bits per heavy atom. The van der Waals surface area contributed by atoms with E-state index in [0.29, 0.717) is 6.42 Å². The van der Waals surface area contributed by atoms with Crippen LogP contribution in [0.4, 0.5) is 0 Å². The molecule has 0 saturated carbocycles. The van der Waals surface area contributed by atoms with E-state index in [2.05, 4.69) is 10.2 Å². The lowest BCUT2D eigenvalue weighted by molar-refractivity contribution is 0.0755. The van der Waals surface area contributed by atoms with Crippen LogP contribution in [0.5, 0.6) is 0 Å². The van der Waals surface area contributed by atoms with Crippen molar-refractivity contribution in [1.29, 1.82) is 0 Å². The second kappa shape index (κ2) is 5.48. The number of nitrogens with one attached hydrogen (secondary N) is 1. The second-order valence-electron chi connectivity index (χ2n) is 3.22. The Hall–Kier alpha value is -0.160. The van der Waals surface area contributed by atoms with Gasteiger partial charge in [-0.05, 0) is 6.42 Å². The molecule has 1 atom stereocenters. The lowest BCUT2D eigenvalue weighted by atomic mass is 10.2. The summed E-state index contributed by atoms with van der Waals surface area (Å²) in [6.45, 7) is 4.95. The monoisotopic (exact) mass is 174 g/mol. The molecule has 1 saturated heterocycles. The fourth-order valence-corrected chi connectivity index (χ4v) is 1.36. The molecule has 72 valence electrons. The first-order chi connectivity index (χ1) is 5.83. The van der Waals surface area contributed by atoms with Gasteiger partial charge in [-0.15, -0.1) is 0 Å². The summed E-state index contributed by atoms with van der Waals surface area (Å²) < 4.78 is 0. The van der Waals surface area contributed by atoms with Crippen molar-refractivity contribution in [2.24, 2.45) is 0 Å². The van der Waals surface area contributed by atoms with Gasteiger partial charge in [-0.2, -0.15) is 0 Å². The van der Waals surface area contributed by atoms with Crippen LogP contribution in [0.1, 0.15) is 6.42 Å². The van der Waals surface area contributed by atoms with Crippen LogP contribution in [0.3, 0.4) is 0 Å². The molecule has 0 amide bonds. The zero-order chi connectivity index (χ0) is 8.81. The Kier molecular flexibility index (Phi) is 4.53. The number of aliphatic hydroxyl groups excluding tert-OH is 2. The molecule has 0 aliphatic carbocycles. The third-order valence-electron chi connectivity index (χ3n) is 2.20. The van der Waals surface area contributed by atoms with Gasteiger partial charge in [0.2, 0.25) is 0 Å². The summed E-state index contributed by atoms with van der Waals surface area (Å²) in [4.78, 5) is 2.30. The van der Waals surface area contributed by atoms with Gasteiger partial charge in [-0.3, -0.25) is 0 Å². The van der Waals surface area contributed by atoms with Crippen molar-refractivity contribution in [2.45, 2.75) is 12.5 Å². The summed E-state index contributed by atoms with van der Waals surface area (Å²) in [5.74, 6) is 0. The molecule has 0 spiro atoms. The van der Waals surface area contributed by atoms with Gasteiger partial charge in [0.1, 0.15) is 0 Å². The van der Waals surface area contributed by atoms with Crippen molar-refractivity contribution in [2.75, 3.05) is 39.3 Å². The maximum atomic E-state index is 9.10. The van der Waals surface area contributed by atoms with E-state index in [9.17, 15) is 0 Å². The van der Waals surface area contributed by atoms with Gasteiger partial charge in [0.25, 0.3) is 0 Å². The molecule has 4 heteroatoms. The van der Waals surface area contributed by atoms with E-state index in [-0.39, 0.29) is 6.61 Å². The Morgan fingerprint density at radius 2 is 2.00 bits per heavy atom. The van der Waals surface area contributed by atoms with E-state index < -0.39 is 6.10 Å². The molecule has 0 aromatic heterocycles. The minimum Gasteiger partial charge on any atom is -0.394 e. The minimum absolute atomic E-state index is 0.119. The molecular weight excluding hydrogens is 156 g/mol. The normalized spacial score (nSPS) is 22.5. The van der Waals surface area contributed by atoms with E-state index in [1.165, 1.54) is 0 Å². The van der Waals surface area contributed by atoms with E-state index in [0.717, 1.165) is 32.7 Å². The molecule has 0 radical (unpaired) electrons. The Morgan fingerprint density at radius 3 is 2.58 bits per heavy atom. The van der Waals surface area contributed by atoms with Gasteiger partial charge in [0.05, 0.1) is 12.7 Å². The molecule has 4 nitrogen and oxygen atoms in total. The van der Waals surface area contributed by atoms with Crippen LogP contribution in [-0.4, -0.2) is 60.5 Å². The number of hydrogen-bond donors (Lipinski definition) is 3. The highest BCUT2D eigenvalue weighted by Gasteiger charge is 2.10. The fourth-order valence-electron chi connectivity index (χ4n) is 1.36. The first-order valence-corrected chi connectivity index (χ1v) is 4.55. The van der Waals surface area contributed by atoms with Crippen molar-refractivity contribution in [3.05, 3.63) is 0 Å². The molecule has 1 heterocycles. The minimum atomic E-state index is -0.542. The Bertz CT molecular complexity index is 116. The highest BCUT2D eigenvalue weighted by atomic mass is 16.3. The summed E-state index contributed by atoms with van der Waals surface area (Å²) in [5, 5.41) is 20.9. The molecule has 1 aliphatic rings. The van der Waals surface area contributed by atoms with Crippen LogP contribution < -0.4 is 5.32 Å². The van der Waals surface area contributed by atoms with Crippen LogP contribution in [0, 0.1) is 0 Å². The van der Waals surface area contributed by atoms with Gasteiger partial charge in [0, 0.05) is 32.7 Å². The molecule has 0 aromatic rings. The quantitative estimate of drug-likeness (QED) is 0.492. The van der Waals surface area contributed by atoms with Crippen molar-refractivity contribution < 1.29 is 10.2 Å². The molecule has 1 fully saturated rings. The maximum Gasteiger partial charge on any atom is 0.0783 e. The van der Waals surface area contributed by atoms with Gasteiger partial charge >= 0.3 is 0 Å². The fraction of sp³-hybridized carbons (Fsp3) is 1.00. The van der Waals surface area contributed by atoms with E-state index >= 15 is 0 Å². The van der Waals surface area contributed by atoms with E-state index in [1.807, 2.05) is 0 Å². The number of aliphatic hydroxyl groups is 2. The van der Waals surface area contributed by atoms with Crippen molar-refractivity contribution in [1.82, 2.24) is 10.2 Å². The van der Waals surface area contributed by atoms with Crippen molar-refractivity contribution in [3.8, 4) is 0 Å². The summed E-state index contributed by atoms with van der Waals surface area (Å²) in [5.41, 5.74) is 0. The van der Waals surface area contributed by atoms with Gasteiger partial charge in [0.15, 0.2) is 0 Å². The Balaban J connectivity index is 2.05. The predicted molar refractivity (Wildman–Crippen MR) is 47.0 cm³/mol. The second-order valence-corrected chi connectivity index (χ2v) is 3.22. The first kappa shape index (κ1) is 9.92. The smallest absolute Gasteiger partial charge is 0.0783 e. The van der Waals surface area contributed by atoms with Gasteiger partial charge < -0.3 is 20.4 Å². The zero-order valence-corrected chi connectivity index (χ0v) is 7.37. The lowest BCUT2D eigenvalue weighted by Crippen LogP contribution is -2.44. The molecule has 12 heavy (non-hydrogen) atoms. The molecular formula is C8H18N2O2. The summed E-state index contributed by atoms with van der Waals surface area (Å²) in [7, 11) is 0. The zero-order valence-electron chi connectivity index (χ0n) is 7.37. The molecule has 0 aromatic carbocycles. The van der Waals surface area contributed by atoms with Gasteiger partial charge in [-0.1, -0.05) is 0 Å². The molecule has 1 unspecified atom stereocenters. The summed E-state index contributed by atoms with van der Waals surface area (Å²) in [6, 6.07) is 0. The maximum absolute atomic E-state index is 9.10. The largest absolute Gasteiger partial charge is 0.394 e. The topological polar surface area (TPSA) is 55.7 Å². The van der Waals surface area contributed by atoms with Crippen molar-refractivity contribution >= 4 is 0 Å². The van der Waals surface area contributed by atoms with E-state index in [1.54, 1.807) is 0 Å². The van der Waals surface area contributed by atoms with Crippen LogP contribution in [0.15, 0.2) is 0 Å². The third-order valence-corrected chi connectivity index (χ3v) is 2.20. The molecule has 0 bridgehead atoms. The number of piperazine rings is 1. The molecule has 1 aliphatic heterocycles. The summed E-state index contributed by atoms with van der Waals surface area (Å²) >= 11 is 0. The highest BCUT2D eigenvalue weighted by molar-refractivity contribution is 4.68. The predicted octanol–water partition coefficient (Wildman–Crippen LogP) is -1.37. The van der Waals surface area contributed by atoms with Crippen LogP contribution in [0.25, 0.3) is 0 Å². The number of hydrogen-bond acceptors (Lipinski definition) is 4. The van der Waals surface area contributed by atoms with Crippen molar-refractivity contribution in [3.63, 3.8) is 0 Å². The third kappa shape index (κ3) is 3.49. The average molecular weight is 174 g/mol. The van der Waals surface area contributed by atoms with Gasteiger partial charge in [-0.25, -0.2) is 0 Å². The van der Waals surface area contributed by atoms with Crippen LogP contribution in [0.2, 0.25) is 0 Å². The number of rotatable bonds is 4. The average Bonchev–Trinajstić information content (AvgIpc) is 2.16. The lowest BCUT2D eigenvalue weighted by Gasteiger charge is -2.27. The van der Waals surface area contributed by atoms with Crippen LogP contribution in [-0.2, 0) is 0 Å². The standard InChI is InChI=1S/C8H18N2O2/c11-7-8(12)1-4-10-5-2-9-3-6-10/h8-9,11-12H,1-7H2. The highest BCUT2D eigenvalue weighted by Crippen LogP contribution is 1.97. The Labute approximate surface area is 73.2 Å². The number of nitrogens with zero attached hydrogens (tertiary/aromatic N) is 1.